The van der Waals surface area contributed by atoms with Gasteiger partial charge in [-0.3, -0.25) is 14.3 Å². The van der Waals surface area contributed by atoms with Crippen molar-refractivity contribution >= 4 is 34.3 Å². The van der Waals surface area contributed by atoms with Gasteiger partial charge in [-0.2, -0.15) is 5.10 Å². The number of pyridine rings is 1. The number of carbonyl (C=O) groups is 2. The van der Waals surface area contributed by atoms with Crippen LogP contribution >= 0.6 is 11.6 Å². The summed E-state index contributed by atoms with van der Waals surface area (Å²) in [6, 6.07) is 17.8. The lowest BCUT2D eigenvalue weighted by atomic mass is 9.80. The molecule has 7 rings (SSSR count). The molecule has 1 fully saturated rings. The fourth-order valence-corrected chi connectivity index (χ4v) is 6.13. The summed E-state index contributed by atoms with van der Waals surface area (Å²) in [7, 11) is 1.52. The first kappa shape index (κ1) is 30.6. The zero-order valence-electron chi connectivity index (χ0n) is 25.6. The van der Waals surface area contributed by atoms with E-state index in [0.717, 1.165) is 18.2 Å². The maximum absolute atomic E-state index is 15.3. The van der Waals surface area contributed by atoms with E-state index in [4.69, 9.17) is 31.8 Å². The molecule has 2 amide bonds. The molecule has 3 heterocycles. The summed E-state index contributed by atoms with van der Waals surface area (Å²) < 4.78 is 28.7. The van der Waals surface area contributed by atoms with Crippen molar-refractivity contribution in [2.45, 2.75) is 36.8 Å². The van der Waals surface area contributed by atoms with Crippen LogP contribution in [0.2, 0.25) is 5.02 Å². The number of rotatable bonds is 9. The molecule has 0 bridgehead atoms. The van der Waals surface area contributed by atoms with Crippen LogP contribution in [0.3, 0.4) is 0 Å². The molecule has 5 aromatic rings. The third-order valence-electron chi connectivity index (χ3n) is 8.97. The van der Waals surface area contributed by atoms with Crippen molar-refractivity contribution in [2.75, 3.05) is 20.3 Å². The van der Waals surface area contributed by atoms with E-state index in [2.05, 4.69) is 10.4 Å². The van der Waals surface area contributed by atoms with Gasteiger partial charge in [0.2, 0.25) is 5.91 Å². The standard InChI is InChI=1S/C35H31ClFN5O5/c1-34(33(38)44)18-47-31-25(34)15-28(40-30(31)24-14-22(36)8-11-26(24)37)35(45,21-6-4-3-5-7-21)17-39-32(43)19-12-20-16-42(23-9-10-23)41-29(20)27(13-19)46-2/h3-8,11-16,23,45H,9-10,17-18H2,1-2H3,(H2,38,44)(H,39,43)/t34-,35+/m0/s1. The van der Waals surface area contributed by atoms with E-state index in [-0.39, 0.29) is 40.9 Å². The lowest BCUT2D eigenvalue weighted by Gasteiger charge is -2.30. The number of benzene rings is 3. The Balaban J connectivity index is 1.33. The molecule has 2 aliphatic rings. The van der Waals surface area contributed by atoms with Gasteiger partial charge in [-0.15, -0.1) is 0 Å². The SMILES string of the molecule is COc1cc(C(=O)NC[C@@](O)(c2ccccc2)c2cc3c(c(-c4cc(Cl)ccc4F)n2)OC[C@]3(C)C(N)=O)cc2cn(C3CC3)nc12. The van der Waals surface area contributed by atoms with Gasteiger partial charge in [0.15, 0.2) is 0 Å². The molecule has 0 radical (unpaired) electrons. The Morgan fingerprint density at radius 3 is 2.66 bits per heavy atom. The lowest BCUT2D eigenvalue weighted by molar-refractivity contribution is -0.123. The van der Waals surface area contributed by atoms with Gasteiger partial charge in [0.25, 0.3) is 5.91 Å². The quantitative estimate of drug-likeness (QED) is 0.202. The zero-order valence-corrected chi connectivity index (χ0v) is 26.3. The minimum absolute atomic E-state index is 0.0101. The molecule has 1 aliphatic carbocycles. The van der Waals surface area contributed by atoms with E-state index in [1.807, 2.05) is 10.9 Å². The average molecular weight is 656 g/mol. The smallest absolute Gasteiger partial charge is 0.251 e. The van der Waals surface area contributed by atoms with Crippen LogP contribution in [0, 0.1) is 5.82 Å². The lowest BCUT2D eigenvalue weighted by Crippen LogP contribution is -2.43. The number of aromatic nitrogens is 3. The van der Waals surface area contributed by atoms with Crippen molar-refractivity contribution < 1.29 is 28.6 Å². The molecular weight excluding hydrogens is 625 g/mol. The number of aliphatic hydroxyl groups is 1. The Morgan fingerprint density at radius 2 is 1.96 bits per heavy atom. The third kappa shape index (κ3) is 5.25. The summed E-state index contributed by atoms with van der Waals surface area (Å²) in [4.78, 5) is 31.2. The molecule has 0 spiro atoms. The molecule has 3 aromatic carbocycles. The Morgan fingerprint density at radius 1 is 1.19 bits per heavy atom. The molecule has 12 heteroatoms. The van der Waals surface area contributed by atoms with Gasteiger partial charge >= 0.3 is 0 Å². The summed E-state index contributed by atoms with van der Waals surface area (Å²) in [5, 5.41) is 21.0. The highest BCUT2D eigenvalue weighted by Crippen LogP contribution is 2.47. The van der Waals surface area contributed by atoms with Gasteiger partial charge in [0.1, 0.15) is 46.1 Å². The Labute approximate surface area is 274 Å². The Kier molecular flexibility index (Phi) is 7.40. The van der Waals surface area contributed by atoms with Crippen molar-refractivity contribution in [2.24, 2.45) is 5.73 Å². The first-order chi connectivity index (χ1) is 22.5. The Bertz CT molecular complexity index is 2070. The fourth-order valence-electron chi connectivity index (χ4n) is 5.96. The third-order valence-corrected chi connectivity index (χ3v) is 9.21. The van der Waals surface area contributed by atoms with Crippen molar-refractivity contribution in [3.63, 3.8) is 0 Å². The maximum atomic E-state index is 15.3. The highest BCUT2D eigenvalue weighted by molar-refractivity contribution is 6.30. The van der Waals surface area contributed by atoms with Crippen LogP contribution in [0.5, 0.6) is 11.5 Å². The number of amides is 2. The summed E-state index contributed by atoms with van der Waals surface area (Å²) >= 11 is 6.25. The number of methoxy groups -OCH3 is 1. The number of nitrogens with one attached hydrogen (secondary N) is 1. The van der Waals surface area contributed by atoms with Crippen molar-refractivity contribution in [1.82, 2.24) is 20.1 Å². The number of hydrogen-bond donors (Lipinski definition) is 3. The van der Waals surface area contributed by atoms with Crippen LogP contribution in [0.4, 0.5) is 4.39 Å². The second-order valence-corrected chi connectivity index (χ2v) is 12.6. The minimum Gasteiger partial charge on any atom is -0.494 e. The van der Waals surface area contributed by atoms with Crippen LogP contribution in [-0.4, -0.2) is 51.9 Å². The van der Waals surface area contributed by atoms with E-state index in [1.165, 1.54) is 31.4 Å². The van der Waals surface area contributed by atoms with Crippen LogP contribution < -0.4 is 20.5 Å². The van der Waals surface area contributed by atoms with E-state index in [0.29, 0.717) is 34.0 Å². The van der Waals surface area contributed by atoms with Gasteiger partial charge in [-0.1, -0.05) is 41.9 Å². The predicted octanol–water partition coefficient (Wildman–Crippen LogP) is 5.04. The summed E-state index contributed by atoms with van der Waals surface area (Å²) in [6.07, 6.45) is 4.00. The van der Waals surface area contributed by atoms with Gasteiger partial charge in [0, 0.05) is 33.3 Å². The van der Waals surface area contributed by atoms with Crippen LogP contribution in [0.25, 0.3) is 22.2 Å². The van der Waals surface area contributed by atoms with Gasteiger partial charge in [0.05, 0.1) is 25.4 Å². The number of nitrogens with two attached hydrogens (primary N) is 1. The van der Waals surface area contributed by atoms with Gasteiger partial charge in [-0.05, 0) is 61.7 Å². The second kappa shape index (κ2) is 11.4. The summed E-state index contributed by atoms with van der Waals surface area (Å²) in [5.41, 5.74) is 4.32. The van der Waals surface area contributed by atoms with E-state index < -0.39 is 28.6 Å². The molecule has 1 saturated carbocycles. The largest absolute Gasteiger partial charge is 0.494 e. The molecule has 0 saturated heterocycles. The van der Waals surface area contributed by atoms with Gasteiger partial charge < -0.3 is 25.6 Å². The predicted molar refractivity (Wildman–Crippen MR) is 173 cm³/mol. The van der Waals surface area contributed by atoms with Crippen LogP contribution in [0.15, 0.2) is 72.9 Å². The number of hydrogen-bond acceptors (Lipinski definition) is 7. The normalized spacial score (nSPS) is 18.3. The highest BCUT2D eigenvalue weighted by atomic mass is 35.5. The molecule has 10 nitrogen and oxygen atoms in total. The molecule has 1 aliphatic heterocycles. The minimum atomic E-state index is -1.96. The van der Waals surface area contributed by atoms with E-state index >= 15 is 4.39 Å². The monoisotopic (exact) mass is 655 g/mol. The molecule has 2 aromatic heterocycles. The highest BCUT2D eigenvalue weighted by Gasteiger charge is 2.46. The summed E-state index contributed by atoms with van der Waals surface area (Å²) in [6.45, 7) is 1.16. The molecule has 4 N–H and O–H groups in total. The van der Waals surface area contributed by atoms with Gasteiger partial charge in [-0.25, -0.2) is 9.37 Å². The maximum Gasteiger partial charge on any atom is 0.251 e. The molecule has 0 unspecified atom stereocenters. The number of nitrogens with zero attached hydrogens (tertiary/aromatic N) is 3. The molecule has 240 valence electrons. The average Bonchev–Trinajstić information content (AvgIpc) is 3.75. The number of carbonyl (C=O) groups excluding carboxylic acids is 2. The zero-order chi connectivity index (χ0) is 33.1. The van der Waals surface area contributed by atoms with Crippen LogP contribution in [-0.2, 0) is 15.8 Å². The Hall–Kier alpha value is -5.00. The fraction of sp³-hybridized carbons (Fsp3) is 0.257. The molecule has 47 heavy (non-hydrogen) atoms. The number of fused-ring (bicyclic) bond motifs is 2. The number of halogens is 2. The van der Waals surface area contributed by atoms with Crippen molar-refractivity contribution in [3.8, 4) is 22.8 Å². The van der Waals surface area contributed by atoms with Crippen molar-refractivity contribution in [3.05, 3.63) is 106 Å². The molecular formula is C35H31ClFN5O5. The number of ether oxygens (including phenoxy) is 2. The van der Waals surface area contributed by atoms with E-state index in [9.17, 15) is 14.7 Å². The number of primary amides is 1. The first-order valence-corrected chi connectivity index (χ1v) is 15.5. The first-order valence-electron chi connectivity index (χ1n) is 15.1. The topological polar surface area (TPSA) is 142 Å². The summed E-state index contributed by atoms with van der Waals surface area (Å²) in [5.74, 6) is -1.18. The van der Waals surface area contributed by atoms with Crippen molar-refractivity contribution in [1.29, 1.82) is 0 Å². The van der Waals surface area contributed by atoms with Crippen LogP contribution in [0.1, 0.15) is 53.0 Å². The second-order valence-electron chi connectivity index (χ2n) is 12.2. The molecule has 2 atom stereocenters. The van der Waals surface area contributed by atoms with E-state index in [1.54, 1.807) is 49.4 Å².